The second-order valence-corrected chi connectivity index (χ2v) is 3.82. The summed E-state index contributed by atoms with van der Waals surface area (Å²) in [7, 11) is 0. The molecular weight excluding hydrogens is 212 g/mol. The lowest BCUT2D eigenvalue weighted by Crippen LogP contribution is -1.88. The number of aromatic nitrogens is 3. The lowest BCUT2D eigenvalue weighted by atomic mass is 10.2. The molecule has 5 nitrogen and oxygen atoms in total. The zero-order valence-corrected chi connectivity index (χ0v) is 8.99. The number of nitrogens with zero attached hydrogens (tertiary/aromatic N) is 3. The van der Waals surface area contributed by atoms with E-state index < -0.39 is 0 Å². The number of thioether (sulfide) groups is 1. The lowest BCUT2D eigenvalue weighted by molar-refractivity contribution is 0.425. The highest BCUT2D eigenvalue weighted by molar-refractivity contribution is 7.97. The molecule has 0 atom stereocenters. The second-order valence-electron chi connectivity index (χ2n) is 2.96. The molecule has 0 unspecified atom stereocenters. The summed E-state index contributed by atoms with van der Waals surface area (Å²) in [6.07, 6.45) is 5.20. The van der Waals surface area contributed by atoms with Crippen molar-refractivity contribution in [2.24, 2.45) is 0 Å². The molecule has 0 aliphatic rings. The third kappa shape index (κ3) is 2.27. The van der Waals surface area contributed by atoms with Crippen molar-refractivity contribution in [1.29, 1.82) is 0 Å². The van der Waals surface area contributed by atoms with Gasteiger partial charge in [-0.25, -0.2) is 0 Å². The summed E-state index contributed by atoms with van der Waals surface area (Å²) < 4.78 is 5.09. The van der Waals surface area contributed by atoms with E-state index >= 15 is 0 Å². The molecule has 0 spiro atoms. The molecular formula is C9H10N4OS. The van der Waals surface area contributed by atoms with Crippen LogP contribution in [0.4, 0.5) is 5.69 Å². The summed E-state index contributed by atoms with van der Waals surface area (Å²) in [6, 6.07) is 1.75. The van der Waals surface area contributed by atoms with E-state index in [1.54, 1.807) is 30.2 Å². The molecule has 0 aliphatic heterocycles. The number of pyridine rings is 1. The molecule has 0 bridgehead atoms. The van der Waals surface area contributed by atoms with Crippen LogP contribution in [-0.4, -0.2) is 21.4 Å². The topological polar surface area (TPSA) is 77.8 Å². The molecule has 2 heterocycles. The summed E-state index contributed by atoms with van der Waals surface area (Å²) in [5.74, 6) is 1.87. The van der Waals surface area contributed by atoms with Gasteiger partial charge in [-0.2, -0.15) is 16.7 Å². The predicted molar refractivity (Wildman–Crippen MR) is 59.2 cm³/mol. The van der Waals surface area contributed by atoms with Gasteiger partial charge in [-0.3, -0.25) is 4.98 Å². The summed E-state index contributed by atoms with van der Waals surface area (Å²) in [5, 5.41) is 3.84. The second kappa shape index (κ2) is 4.31. The van der Waals surface area contributed by atoms with Crippen LogP contribution in [0.25, 0.3) is 11.5 Å². The maximum atomic E-state index is 5.60. The van der Waals surface area contributed by atoms with Crippen LogP contribution in [0.2, 0.25) is 0 Å². The fourth-order valence-corrected chi connectivity index (χ4v) is 1.51. The van der Waals surface area contributed by atoms with Gasteiger partial charge in [0.25, 0.3) is 5.89 Å². The maximum absolute atomic E-state index is 5.60. The van der Waals surface area contributed by atoms with Gasteiger partial charge < -0.3 is 10.3 Å². The minimum Gasteiger partial charge on any atom is -0.397 e. The Hall–Kier alpha value is -1.56. The largest absolute Gasteiger partial charge is 0.397 e. The van der Waals surface area contributed by atoms with Gasteiger partial charge in [-0.05, 0) is 12.3 Å². The van der Waals surface area contributed by atoms with Crippen LogP contribution in [0.15, 0.2) is 23.0 Å². The van der Waals surface area contributed by atoms with Gasteiger partial charge in [-0.1, -0.05) is 5.16 Å². The van der Waals surface area contributed by atoms with E-state index in [0.29, 0.717) is 17.4 Å². The average molecular weight is 222 g/mol. The normalized spacial score (nSPS) is 10.5. The summed E-state index contributed by atoms with van der Waals surface area (Å²) in [4.78, 5) is 8.18. The van der Waals surface area contributed by atoms with Crippen molar-refractivity contribution >= 4 is 17.4 Å². The van der Waals surface area contributed by atoms with E-state index in [4.69, 9.17) is 10.3 Å². The van der Waals surface area contributed by atoms with Crippen molar-refractivity contribution in [1.82, 2.24) is 15.1 Å². The average Bonchev–Trinajstić information content (AvgIpc) is 2.67. The Bertz CT molecular complexity index is 457. The smallest absolute Gasteiger partial charge is 0.259 e. The fourth-order valence-electron chi connectivity index (χ4n) is 1.13. The SMILES string of the molecule is CSCc1noc(-c2cncc(N)c2)n1. The zero-order chi connectivity index (χ0) is 10.7. The summed E-state index contributed by atoms with van der Waals surface area (Å²) in [6.45, 7) is 0. The minimum atomic E-state index is 0.457. The molecule has 0 aliphatic carbocycles. The molecule has 2 aromatic heterocycles. The number of nitrogen functional groups attached to an aromatic ring is 1. The van der Waals surface area contributed by atoms with E-state index in [-0.39, 0.29) is 0 Å². The Balaban J connectivity index is 2.29. The quantitative estimate of drug-likeness (QED) is 0.849. The van der Waals surface area contributed by atoms with Crippen LogP contribution in [0.1, 0.15) is 5.82 Å². The van der Waals surface area contributed by atoms with Crippen LogP contribution >= 0.6 is 11.8 Å². The molecule has 0 fully saturated rings. The maximum Gasteiger partial charge on any atom is 0.259 e. The van der Waals surface area contributed by atoms with Gasteiger partial charge in [0.05, 0.1) is 17.0 Å². The Morgan fingerprint density at radius 3 is 3.07 bits per heavy atom. The highest BCUT2D eigenvalue weighted by atomic mass is 32.2. The first-order valence-corrected chi connectivity index (χ1v) is 5.71. The van der Waals surface area contributed by atoms with E-state index in [9.17, 15) is 0 Å². The molecule has 0 saturated heterocycles. The monoisotopic (exact) mass is 222 g/mol. The lowest BCUT2D eigenvalue weighted by Gasteiger charge is -1.94. The van der Waals surface area contributed by atoms with Gasteiger partial charge in [0.15, 0.2) is 5.82 Å². The number of hydrogen-bond acceptors (Lipinski definition) is 6. The molecule has 0 aromatic carbocycles. The fraction of sp³-hybridized carbons (Fsp3) is 0.222. The van der Waals surface area contributed by atoms with Crippen LogP contribution < -0.4 is 5.73 Å². The van der Waals surface area contributed by atoms with Crippen molar-refractivity contribution in [3.05, 3.63) is 24.3 Å². The van der Waals surface area contributed by atoms with Crippen LogP contribution in [0.3, 0.4) is 0 Å². The van der Waals surface area contributed by atoms with Crippen molar-refractivity contribution < 1.29 is 4.52 Å². The van der Waals surface area contributed by atoms with E-state index in [1.165, 1.54) is 0 Å². The van der Waals surface area contributed by atoms with Crippen LogP contribution in [0, 0.1) is 0 Å². The van der Waals surface area contributed by atoms with Crippen molar-refractivity contribution in [3.8, 4) is 11.5 Å². The third-order valence-corrected chi connectivity index (χ3v) is 2.29. The third-order valence-electron chi connectivity index (χ3n) is 1.75. The molecule has 2 rings (SSSR count). The van der Waals surface area contributed by atoms with Gasteiger partial charge >= 0.3 is 0 Å². The first-order chi connectivity index (χ1) is 7.29. The van der Waals surface area contributed by atoms with Gasteiger partial charge in [-0.15, -0.1) is 0 Å². The molecule has 2 aromatic rings. The van der Waals surface area contributed by atoms with Gasteiger partial charge in [0.2, 0.25) is 0 Å². The molecule has 15 heavy (non-hydrogen) atoms. The minimum absolute atomic E-state index is 0.457. The Labute approximate surface area is 91.1 Å². The van der Waals surface area contributed by atoms with E-state index in [0.717, 1.165) is 11.3 Å². The number of rotatable bonds is 3. The number of hydrogen-bond donors (Lipinski definition) is 1. The predicted octanol–water partition coefficient (Wildman–Crippen LogP) is 1.58. The van der Waals surface area contributed by atoms with Crippen molar-refractivity contribution in [3.63, 3.8) is 0 Å². The number of anilines is 1. The first-order valence-electron chi connectivity index (χ1n) is 4.32. The van der Waals surface area contributed by atoms with Gasteiger partial charge in [0, 0.05) is 12.4 Å². The molecule has 0 radical (unpaired) electrons. The Morgan fingerprint density at radius 1 is 1.47 bits per heavy atom. The van der Waals surface area contributed by atoms with E-state index in [1.807, 2.05) is 6.26 Å². The zero-order valence-electron chi connectivity index (χ0n) is 8.17. The van der Waals surface area contributed by atoms with Gasteiger partial charge in [0.1, 0.15) is 0 Å². The van der Waals surface area contributed by atoms with Crippen molar-refractivity contribution in [2.75, 3.05) is 12.0 Å². The molecule has 2 N–H and O–H groups in total. The first kappa shape index (κ1) is 9.97. The highest BCUT2D eigenvalue weighted by Crippen LogP contribution is 2.18. The molecule has 78 valence electrons. The van der Waals surface area contributed by atoms with Crippen molar-refractivity contribution in [2.45, 2.75) is 5.75 Å². The summed E-state index contributed by atoms with van der Waals surface area (Å²) in [5.41, 5.74) is 6.93. The molecule has 0 amide bonds. The standard InChI is InChI=1S/C9H10N4OS/c1-15-5-8-12-9(14-13-8)6-2-7(10)4-11-3-6/h2-4H,5,10H2,1H3. The Morgan fingerprint density at radius 2 is 2.33 bits per heavy atom. The highest BCUT2D eigenvalue weighted by Gasteiger charge is 2.08. The van der Waals surface area contributed by atoms with Crippen LogP contribution in [0.5, 0.6) is 0 Å². The summed E-state index contributed by atoms with van der Waals surface area (Å²) >= 11 is 1.64. The molecule has 6 heteroatoms. The van der Waals surface area contributed by atoms with E-state index in [2.05, 4.69) is 15.1 Å². The Kier molecular flexibility index (Phi) is 2.86. The number of nitrogens with two attached hydrogens (primary N) is 1. The van der Waals surface area contributed by atoms with Crippen LogP contribution in [-0.2, 0) is 5.75 Å². The molecule has 0 saturated carbocycles.